The van der Waals surface area contributed by atoms with Gasteiger partial charge in [0, 0.05) is 31.9 Å². The molecule has 0 aromatic heterocycles. The molecule has 1 aliphatic heterocycles. The topological polar surface area (TPSA) is 32.8 Å². The number of anilines is 1. The van der Waals surface area contributed by atoms with Crippen LogP contribution in [-0.4, -0.2) is 29.8 Å². The second-order valence-corrected chi connectivity index (χ2v) is 12.5. The minimum atomic E-state index is -0.329. The molecule has 1 heterocycles. The normalized spacial score (nSPS) is 13.0. The van der Waals surface area contributed by atoms with Gasteiger partial charge < -0.3 is 14.5 Å². The highest BCUT2D eigenvalue weighted by atomic mass is 32.2. The van der Waals surface area contributed by atoms with Crippen LogP contribution in [0.15, 0.2) is 53.6 Å². The average Bonchev–Trinajstić information content (AvgIpc) is 3.36. The highest BCUT2D eigenvalue weighted by Gasteiger charge is 2.15. The van der Waals surface area contributed by atoms with E-state index in [1.54, 1.807) is 24.0 Å². The SMILES string of the molecule is CCCCCCCCCCCCCCOc1ccc(CCN(C(C)=O)c2cccc(CN3C=C(C)SC3)c2)cc1F. The Kier molecular flexibility index (Phi) is 15.2. The summed E-state index contributed by atoms with van der Waals surface area (Å²) >= 11 is 1.84. The van der Waals surface area contributed by atoms with E-state index in [0.29, 0.717) is 25.3 Å². The number of amides is 1. The van der Waals surface area contributed by atoms with E-state index in [2.05, 4.69) is 37.1 Å². The van der Waals surface area contributed by atoms with Crippen LogP contribution in [0.5, 0.6) is 5.75 Å². The van der Waals surface area contributed by atoms with E-state index < -0.39 is 0 Å². The molecule has 0 spiro atoms. The number of thioether (sulfide) groups is 1. The summed E-state index contributed by atoms with van der Waals surface area (Å²) in [5.74, 6) is 0.927. The fourth-order valence-electron chi connectivity index (χ4n) is 5.32. The molecule has 3 rings (SSSR count). The molecule has 6 heteroatoms. The number of hydrogen-bond acceptors (Lipinski definition) is 4. The Labute approximate surface area is 252 Å². The monoisotopic (exact) mass is 582 g/mol. The quantitative estimate of drug-likeness (QED) is 0.145. The first-order valence-corrected chi connectivity index (χ1v) is 16.8. The fraction of sp³-hybridized carbons (Fsp3) is 0.571. The summed E-state index contributed by atoms with van der Waals surface area (Å²) in [6.45, 7) is 7.84. The second kappa shape index (κ2) is 18.9. The van der Waals surface area contributed by atoms with E-state index in [1.807, 2.05) is 30.0 Å². The Morgan fingerprint density at radius 1 is 0.927 bits per heavy atom. The molecule has 41 heavy (non-hydrogen) atoms. The van der Waals surface area contributed by atoms with Gasteiger partial charge in [-0.05, 0) is 60.1 Å². The molecule has 0 N–H and O–H groups in total. The van der Waals surface area contributed by atoms with Gasteiger partial charge in [-0.2, -0.15) is 0 Å². The number of allylic oxidation sites excluding steroid dienone is 1. The van der Waals surface area contributed by atoms with Crippen molar-refractivity contribution in [1.82, 2.24) is 4.90 Å². The molecule has 0 radical (unpaired) electrons. The van der Waals surface area contributed by atoms with E-state index in [4.69, 9.17) is 4.74 Å². The van der Waals surface area contributed by atoms with Crippen molar-refractivity contribution < 1.29 is 13.9 Å². The standard InChI is InChI=1S/C35H51FN2O2S/c1-4-5-6-7-8-9-10-11-12-13-14-15-23-40-35-20-19-31(25-34(35)36)21-22-38(30(3)39)33-18-16-17-32(24-33)27-37-26-29(2)41-28-37/h16-20,24-26H,4-15,21-23,27-28H2,1-3H3. The fourth-order valence-corrected chi connectivity index (χ4v) is 6.08. The number of halogens is 1. The minimum absolute atomic E-state index is 0.0162. The maximum atomic E-state index is 14.8. The van der Waals surface area contributed by atoms with Crippen LogP contribution in [0.3, 0.4) is 0 Å². The van der Waals surface area contributed by atoms with Crippen LogP contribution in [0.2, 0.25) is 0 Å². The number of carbonyl (C=O) groups excluding carboxylic acids is 1. The van der Waals surface area contributed by atoms with Crippen molar-refractivity contribution in [3.8, 4) is 5.75 Å². The van der Waals surface area contributed by atoms with Gasteiger partial charge in [-0.25, -0.2) is 4.39 Å². The van der Waals surface area contributed by atoms with E-state index in [0.717, 1.165) is 36.5 Å². The Hall–Kier alpha value is -2.47. The highest BCUT2D eigenvalue weighted by molar-refractivity contribution is 8.03. The van der Waals surface area contributed by atoms with Gasteiger partial charge in [0.25, 0.3) is 0 Å². The van der Waals surface area contributed by atoms with Gasteiger partial charge in [0.2, 0.25) is 5.91 Å². The molecule has 0 saturated carbocycles. The summed E-state index contributed by atoms with van der Waals surface area (Å²) in [4.78, 5) is 17.9. The van der Waals surface area contributed by atoms with Gasteiger partial charge in [0.1, 0.15) is 0 Å². The number of hydrogen-bond donors (Lipinski definition) is 0. The first-order valence-electron chi connectivity index (χ1n) is 15.8. The van der Waals surface area contributed by atoms with Gasteiger partial charge in [-0.1, -0.05) is 95.8 Å². The molecule has 0 aliphatic carbocycles. The predicted molar refractivity (Wildman–Crippen MR) is 173 cm³/mol. The predicted octanol–water partition coefficient (Wildman–Crippen LogP) is 9.87. The van der Waals surface area contributed by atoms with E-state index in [9.17, 15) is 9.18 Å². The third kappa shape index (κ3) is 12.5. The summed E-state index contributed by atoms with van der Waals surface area (Å²) in [6, 6.07) is 13.3. The van der Waals surface area contributed by atoms with Crippen molar-refractivity contribution in [2.24, 2.45) is 0 Å². The molecule has 1 aliphatic rings. The molecule has 0 saturated heterocycles. The molecule has 1 amide bonds. The maximum Gasteiger partial charge on any atom is 0.223 e. The van der Waals surface area contributed by atoms with Crippen LogP contribution in [0.4, 0.5) is 10.1 Å². The van der Waals surface area contributed by atoms with Gasteiger partial charge in [-0.15, -0.1) is 11.8 Å². The maximum absolute atomic E-state index is 14.8. The zero-order chi connectivity index (χ0) is 29.3. The Morgan fingerprint density at radius 3 is 2.22 bits per heavy atom. The lowest BCUT2D eigenvalue weighted by Gasteiger charge is -2.23. The van der Waals surface area contributed by atoms with Crippen molar-refractivity contribution in [2.45, 2.75) is 111 Å². The summed E-state index contributed by atoms with van der Waals surface area (Å²) in [6.07, 6.45) is 18.3. The van der Waals surface area contributed by atoms with Crippen LogP contribution < -0.4 is 9.64 Å². The van der Waals surface area contributed by atoms with Gasteiger partial charge in [0.05, 0.1) is 12.5 Å². The molecule has 0 bridgehead atoms. The molecule has 0 fully saturated rings. The molecule has 2 aromatic carbocycles. The highest BCUT2D eigenvalue weighted by Crippen LogP contribution is 2.27. The molecule has 2 aromatic rings. The van der Waals surface area contributed by atoms with Crippen molar-refractivity contribution in [2.75, 3.05) is 23.9 Å². The second-order valence-electron chi connectivity index (χ2n) is 11.4. The number of unbranched alkanes of at least 4 members (excludes halogenated alkanes) is 11. The zero-order valence-electron chi connectivity index (χ0n) is 25.6. The van der Waals surface area contributed by atoms with Crippen LogP contribution in [0, 0.1) is 5.82 Å². The van der Waals surface area contributed by atoms with Gasteiger partial charge in [0.15, 0.2) is 11.6 Å². The summed E-state index contributed by atoms with van der Waals surface area (Å²) in [5, 5.41) is 0. The third-order valence-electron chi connectivity index (χ3n) is 7.69. The lowest BCUT2D eigenvalue weighted by Crippen LogP contribution is -2.30. The average molecular weight is 583 g/mol. The molecule has 226 valence electrons. The summed E-state index contributed by atoms with van der Waals surface area (Å²) in [5.41, 5.74) is 2.91. The molecular weight excluding hydrogens is 531 g/mol. The number of ether oxygens (including phenoxy) is 1. The van der Waals surface area contributed by atoms with E-state index >= 15 is 0 Å². The van der Waals surface area contributed by atoms with E-state index in [1.165, 1.54) is 74.7 Å². The lowest BCUT2D eigenvalue weighted by molar-refractivity contribution is -0.116. The molecule has 0 unspecified atom stereocenters. The summed E-state index contributed by atoms with van der Waals surface area (Å²) < 4.78 is 20.5. The van der Waals surface area contributed by atoms with Crippen LogP contribution in [0.25, 0.3) is 0 Å². The van der Waals surface area contributed by atoms with Crippen molar-refractivity contribution in [1.29, 1.82) is 0 Å². The smallest absolute Gasteiger partial charge is 0.223 e. The van der Waals surface area contributed by atoms with Crippen LogP contribution in [0.1, 0.15) is 109 Å². The van der Waals surface area contributed by atoms with Crippen LogP contribution in [-0.2, 0) is 17.8 Å². The van der Waals surface area contributed by atoms with Crippen LogP contribution >= 0.6 is 11.8 Å². The Bertz CT molecular complexity index is 1090. The largest absolute Gasteiger partial charge is 0.491 e. The number of benzene rings is 2. The van der Waals surface area contributed by atoms with Gasteiger partial charge in [-0.3, -0.25) is 4.79 Å². The lowest BCUT2D eigenvalue weighted by atomic mass is 10.1. The van der Waals surface area contributed by atoms with Crippen molar-refractivity contribution >= 4 is 23.4 Å². The first-order chi connectivity index (χ1) is 20.0. The van der Waals surface area contributed by atoms with Crippen molar-refractivity contribution in [3.63, 3.8) is 0 Å². The minimum Gasteiger partial charge on any atom is -0.491 e. The molecule has 4 nitrogen and oxygen atoms in total. The van der Waals surface area contributed by atoms with E-state index in [-0.39, 0.29) is 11.7 Å². The summed E-state index contributed by atoms with van der Waals surface area (Å²) in [7, 11) is 0. The zero-order valence-corrected chi connectivity index (χ0v) is 26.5. The number of rotatable bonds is 20. The van der Waals surface area contributed by atoms with Crippen molar-refractivity contribution in [3.05, 3.63) is 70.5 Å². The first kappa shape index (κ1) is 33.0. The Balaban J connectivity index is 1.35. The molecular formula is C35H51FN2O2S. The number of nitrogens with zero attached hydrogens (tertiary/aromatic N) is 2. The van der Waals surface area contributed by atoms with Gasteiger partial charge >= 0.3 is 0 Å². The number of carbonyl (C=O) groups is 1. The Morgan fingerprint density at radius 2 is 1.61 bits per heavy atom. The molecule has 0 atom stereocenters. The third-order valence-corrected chi connectivity index (χ3v) is 8.71.